The van der Waals surface area contributed by atoms with Gasteiger partial charge in [0, 0.05) is 67.0 Å². The number of aromatic amines is 1. The molecule has 10 heteroatoms. The summed E-state index contributed by atoms with van der Waals surface area (Å²) in [5, 5.41) is 7.38. The molecule has 38 heavy (non-hydrogen) atoms. The van der Waals surface area contributed by atoms with Crippen molar-refractivity contribution in [2.24, 2.45) is 0 Å². The molecular formula is C28H27F2N7O. The van der Waals surface area contributed by atoms with Gasteiger partial charge in [-0.15, -0.1) is 0 Å². The highest BCUT2D eigenvalue weighted by molar-refractivity contribution is 6.02. The smallest absolute Gasteiger partial charge is 0.255 e. The number of nitrogens with one attached hydrogen (secondary N) is 2. The summed E-state index contributed by atoms with van der Waals surface area (Å²) in [5.41, 5.74) is 6.61. The molecule has 0 unspecified atom stereocenters. The van der Waals surface area contributed by atoms with Crippen LogP contribution < -0.4 is 10.2 Å². The highest BCUT2D eigenvalue weighted by Gasteiger charge is 2.17. The van der Waals surface area contributed by atoms with Crippen LogP contribution in [0.2, 0.25) is 0 Å². The van der Waals surface area contributed by atoms with Gasteiger partial charge in [0.05, 0.1) is 23.8 Å². The van der Waals surface area contributed by atoms with E-state index >= 15 is 0 Å². The Bertz CT molecular complexity index is 1600. The number of carbonyl (C=O) groups is 1. The van der Waals surface area contributed by atoms with E-state index in [-0.39, 0.29) is 5.56 Å². The van der Waals surface area contributed by atoms with Crippen molar-refractivity contribution < 1.29 is 13.6 Å². The highest BCUT2D eigenvalue weighted by atomic mass is 19.3. The van der Waals surface area contributed by atoms with E-state index in [9.17, 15) is 13.6 Å². The van der Waals surface area contributed by atoms with Gasteiger partial charge >= 0.3 is 0 Å². The van der Waals surface area contributed by atoms with Crippen molar-refractivity contribution in [3.05, 3.63) is 72.8 Å². The average molecular weight is 516 g/mol. The number of nitrogens with zero attached hydrogens (tertiary/aromatic N) is 5. The van der Waals surface area contributed by atoms with E-state index in [4.69, 9.17) is 0 Å². The molecule has 0 atom stereocenters. The Balaban J connectivity index is 1.31. The van der Waals surface area contributed by atoms with Gasteiger partial charge in [-0.1, -0.05) is 12.1 Å². The number of fused-ring (bicyclic) bond motifs is 2. The van der Waals surface area contributed by atoms with E-state index in [1.165, 1.54) is 11.9 Å². The van der Waals surface area contributed by atoms with Crippen LogP contribution in [0.15, 0.2) is 67.3 Å². The van der Waals surface area contributed by atoms with E-state index in [0.717, 1.165) is 59.5 Å². The van der Waals surface area contributed by atoms with E-state index in [2.05, 4.69) is 67.6 Å². The fourth-order valence-corrected chi connectivity index (χ4v) is 4.92. The molecule has 1 aromatic carbocycles. The number of amides is 1. The summed E-state index contributed by atoms with van der Waals surface area (Å²) in [4.78, 5) is 25.1. The van der Waals surface area contributed by atoms with Crippen LogP contribution in [0.5, 0.6) is 0 Å². The quantitative estimate of drug-likeness (QED) is 0.353. The monoisotopic (exact) mass is 515 g/mol. The molecule has 5 aromatic rings. The molecule has 5 heterocycles. The second kappa shape index (κ2) is 9.86. The molecule has 6 rings (SSSR count). The minimum atomic E-state index is -2.62. The van der Waals surface area contributed by atoms with Crippen LogP contribution in [0, 0.1) is 0 Å². The van der Waals surface area contributed by atoms with Crippen LogP contribution in [0.1, 0.15) is 10.4 Å². The first-order valence-corrected chi connectivity index (χ1v) is 12.5. The Morgan fingerprint density at radius 1 is 1.03 bits per heavy atom. The normalized spacial score (nSPS) is 14.6. The lowest BCUT2D eigenvalue weighted by molar-refractivity contribution is 0.0893. The molecule has 2 N–H and O–H groups in total. The van der Waals surface area contributed by atoms with Gasteiger partial charge in [-0.25, -0.2) is 18.3 Å². The maximum atomic E-state index is 12.6. The van der Waals surface area contributed by atoms with Gasteiger partial charge in [0.1, 0.15) is 5.65 Å². The van der Waals surface area contributed by atoms with Crippen molar-refractivity contribution in [2.45, 2.75) is 6.43 Å². The molecule has 4 aromatic heterocycles. The van der Waals surface area contributed by atoms with Crippen LogP contribution in [0.4, 0.5) is 14.5 Å². The Kier molecular flexibility index (Phi) is 6.24. The molecule has 1 aliphatic rings. The number of piperazine rings is 1. The molecule has 0 radical (unpaired) electrons. The highest BCUT2D eigenvalue weighted by Crippen LogP contribution is 2.32. The molecular weight excluding hydrogens is 488 g/mol. The number of halogens is 2. The van der Waals surface area contributed by atoms with Gasteiger partial charge in [0.25, 0.3) is 12.3 Å². The summed E-state index contributed by atoms with van der Waals surface area (Å²) in [6.45, 7) is 3.46. The Hall–Kier alpha value is -4.31. The van der Waals surface area contributed by atoms with Crippen LogP contribution >= 0.6 is 0 Å². The van der Waals surface area contributed by atoms with Gasteiger partial charge < -0.3 is 20.1 Å². The number of hydrogen-bond acceptors (Lipinski definition) is 5. The number of rotatable bonds is 6. The van der Waals surface area contributed by atoms with Crippen LogP contribution in [-0.2, 0) is 0 Å². The van der Waals surface area contributed by atoms with Gasteiger partial charge in [-0.05, 0) is 48.5 Å². The van der Waals surface area contributed by atoms with Crippen molar-refractivity contribution >= 4 is 28.1 Å². The third-order valence-electron chi connectivity index (χ3n) is 7.09. The summed E-state index contributed by atoms with van der Waals surface area (Å²) >= 11 is 0. The summed E-state index contributed by atoms with van der Waals surface area (Å²) in [5.74, 6) is -0.583. The van der Waals surface area contributed by atoms with E-state index in [0.29, 0.717) is 5.52 Å². The number of likely N-dealkylation sites (N-methyl/N-ethyl adjacent to an activating group) is 1. The van der Waals surface area contributed by atoms with Crippen LogP contribution in [0.3, 0.4) is 0 Å². The van der Waals surface area contributed by atoms with E-state index in [1.807, 2.05) is 24.5 Å². The molecule has 1 fully saturated rings. The number of aromatic nitrogens is 4. The average Bonchev–Trinajstić information content (AvgIpc) is 3.56. The van der Waals surface area contributed by atoms with Crippen molar-refractivity contribution in [1.82, 2.24) is 29.8 Å². The Labute approximate surface area is 217 Å². The number of carbonyl (C=O) groups excluding carboxylic acids is 1. The molecule has 8 nitrogen and oxygen atoms in total. The van der Waals surface area contributed by atoms with Gasteiger partial charge in [0.2, 0.25) is 0 Å². The van der Waals surface area contributed by atoms with Crippen LogP contribution in [-0.4, -0.2) is 76.6 Å². The number of alkyl halides is 2. The summed E-state index contributed by atoms with van der Waals surface area (Å²) in [6, 6.07) is 14.4. The first-order valence-electron chi connectivity index (χ1n) is 12.5. The Morgan fingerprint density at radius 3 is 2.58 bits per heavy atom. The molecule has 0 aliphatic carbocycles. The van der Waals surface area contributed by atoms with Crippen LogP contribution in [0.25, 0.3) is 38.8 Å². The Morgan fingerprint density at radius 2 is 1.82 bits per heavy atom. The standard InChI is InChI=1S/C28H27F2N7O/c1-35-8-10-36(11-9-35)21-4-2-18(3-5-21)20-12-22-23(15-32-27(22)31-14-20)19-6-7-37-25(13-19)24(16-34-37)28(38)33-17-26(29)30/h2-7,12-16,26H,8-11,17H2,1H3,(H,31,32)(H,33,38). The minimum absolute atomic E-state index is 0.242. The van der Waals surface area contributed by atoms with Crippen molar-refractivity contribution in [3.8, 4) is 22.3 Å². The first kappa shape index (κ1) is 24.1. The molecule has 1 amide bonds. The summed E-state index contributed by atoms with van der Waals surface area (Å²) in [7, 11) is 2.15. The number of anilines is 1. The maximum absolute atomic E-state index is 12.6. The molecule has 1 aliphatic heterocycles. The van der Waals surface area contributed by atoms with E-state index in [1.54, 1.807) is 10.7 Å². The molecule has 1 saturated heterocycles. The lowest BCUT2D eigenvalue weighted by atomic mass is 10.0. The predicted octanol–water partition coefficient (Wildman–Crippen LogP) is 4.29. The van der Waals surface area contributed by atoms with Crippen molar-refractivity contribution in [1.29, 1.82) is 0 Å². The number of benzene rings is 1. The molecule has 194 valence electrons. The SMILES string of the molecule is CN1CCN(c2ccc(-c3cnc4[nH]cc(-c5ccn6ncc(C(=O)NCC(F)F)c6c5)c4c3)cc2)CC1. The van der Waals surface area contributed by atoms with Crippen molar-refractivity contribution in [3.63, 3.8) is 0 Å². The lowest BCUT2D eigenvalue weighted by Gasteiger charge is -2.34. The zero-order valence-electron chi connectivity index (χ0n) is 20.9. The number of pyridine rings is 2. The summed E-state index contributed by atoms with van der Waals surface area (Å²) < 4.78 is 26.7. The second-order valence-electron chi connectivity index (χ2n) is 9.56. The molecule has 0 bridgehead atoms. The second-order valence-corrected chi connectivity index (χ2v) is 9.56. The van der Waals surface area contributed by atoms with Crippen molar-refractivity contribution in [2.75, 3.05) is 44.7 Å². The lowest BCUT2D eigenvalue weighted by Crippen LogP contribution is -2.44. The minimum Gasteiger partial charge on any atom is -0.369 e. The summed E-state index contributed by atoms with van der Waals surface area (Å²) in [6.07, 6.45) is 4.27. The zero-order valence-corrected chi connectivity index (χ0v) is 20.9. The fourth-order valence-electron chi connectivity index (χ4n) is 4.92. The third-order valence-corrected chi connectivity index (χ3v) is 7.09. The largest absolute Gasteiger partial charge is 0.369 e. The molecule has 0 saturated carbocycles. The zero-order chi connectivity index (χ0) is 26.2. The maximum Gasteiger partial charge on any atom is 0.255 e. The predicted molar refractivity (Wildman–Crippen MR) is 144 cm³/mol. The number of hydrogen-bond donors (Lipinski definition) is 2. The van der Waals surface area contributed by atoms with Gasteiger partial charge in [-0.2, -0.15) is 5.10 Å². The third kappa shape index (κ3) is 4.58. The van der Waals surface area contributed by atoms with Gasteiger partial charge in [-0.3, -0.25) is 4.79 Å². The fraction of sp³-hybridized carbons (Fsp3) is 0.250. The number of H-pyrrole nitrogens is 1. The first-order chi connectivity index (χ1) is 18.5. The van der Waals surface area contributed by atoms with Gasteiger partial charge in [0.15, 0.2) is 0 Å². The van der Waals surface area contributed by atoms with E-state index < -0.39 is 18.9 Å². The topological polar surface area (TPSA) is 81.6 Å². The molecule has 0 spiro atoms.